The van der Waals surface area contributed by atoms with E-state index in [1.165, 1.54) is 0 Å². The number of para-hydroxylation sites is 1. The van der Waals surface area contributed by atoms with E-state index in [4.69, 9.17) is 17.0 Å². The van der Waals surface area contributed by atoms with E-state index >= 15 is 0 Å². The molecule has 0 unspecified atom stereocenters. The maximum absolute atomic E-state index is 12.8. The number of nitrogens with one attached hydrogen (secondary N) is 4. The Morgan fingerprint density at radius 1 is 0.969 bits per heavy atom. The highest BCUT2D eigenvalue weighted by Gasteiger charge is 2.22. The average Bonchev–Trinajstić information content (AvgIpc) is 2.84. The Balaban J connectivity index is 1.65. The number of pyridine rings is 1. The summed E-state index contributed by atoms with van der Waals surface area (Å²) in [5, 5.41) is 17.1. The third kappa shape index (κ3) is 6.78. The summed E-state index contributed by atoms with van der Waals surface area (Å²) in [5.74, 6) is -0.348. The molecule has 0 radical (unpaired) electrons. The monoisotopic (exact) mass is 451 g/mol. The molecule has 0 fully saturated rings. The Morgan fingerprint density at radius 2 is 1.72 bits per heavy atom. The van der Waals surface area contributed by atoms with Gasteiger partial charge in [0, 0.05) is 18.5 Å². The van der Waals surface area contributed by atoms with Gasteiger partial charge in [-0.15, -0.1) is 11.6 Å². The smallest absolute Gasteiger partial charge is 0.270 e. The normalized spacial score (nSPS) is 11.5. The second-order valence-electron chi connectivity index (χ2n) is 7.30. The molecule has 2 aromatic carbocycles. The first-order chi connectivity index (χ1) is 15.6. The van der Waals surface area contributed by atoms with E-state index < -0.39 is 11.9 Å². The number of benzene rings is 2. The summed E-state index contributed by atoms with van der Waals surface area (Å²) < 4.78 is 0. The van der Waals surface area contributed by atoms with Crippen LogP contribution in [0, 0.1) is 5.41 Å². The van der Waals surface area contributed by atoms with Gasteiger partial charge in [0.15, 0.2) is 0 Å². The highest BCUT2D eigenvalue weighted by Crippen LogP contribution is 2.12. The van der Waals surface area contributed by atoms with Crippen molar-refractivity contribution in [2.45, 2.75) is 25.4 Å². The molecule has 166 valence electrons. The summed E-state index contributed by atoms with van der Waals surface area (Å²) in [4.78, 5) is 30.1. The summed E-state index contributed by atoms with van der Waals surface area (Å²) in [6, 6.07) is 19.9. The lowest BCUT2D eigenvalue weighted by Crippen LogP contribution is -2.47. The van der Waals surface area contributed by atoms with Crippen LogP contribution in [-0.2, 0) is 11.3 Å². The number of amidine groups is 1. The van der Waals surface area contributed by atoms with E-state index in [1.807, 2.05) is 60.7 Å². The number of carbonyl (C=O) groups is 2. The molecule has 8 heteroatoms. The van der Waals surface area contributed by atoms with Crippen LogP contribution in [0.1, 0.15) is 28.9 Å². The van der Waals surface area contributed by atoms with Crippen molar-refractivity contribution in [3.05, 3.63) is 78.0 Å². The van der Waals surface area contributed by atoms with Crippen molar-refractivity contribution in [3.8, 4) is 0 Å². The summed E-state index contributed by atoms with van der Waals surface area (Å²) >= 11 is 5.61. The van der Waals surface area contributed by atoms with Crippen LogP contribution in [0.5, 0.6) is 0 Å². The molecule has 32 heavy (non-hydrogen) atoms. The molecule has 3 aromatic rings. The van der Waals surface area contributed by atoms with Crippen molar-refractivity contribution < 1.29 is 9.59 Å². The van der Waals surface area contributed by atoms with E-state index in [0.29, 0.717) is 31.4 Å². The Morgan fingerprint density at radius 3 is 2.50 bits per heavy atom. The van der Waals surface area contributed by atoms with Crippen LogP contribution >= 0.6 is 11.6 Å². The fraction of sp³-hybridized carbons (Fsp3) is 0.250. The second-order valence-corrected chi connectivity index (χ2v) is 7.57. The standard InChI is InChI=1S/C24H26ClN5O2/c25-15-22(26)27-14-6-11-20(23(31)28-16-17-7-2-1-3-8-17)30-24(32)21-13-12-18-9-4-5-10-19(18)29-21/h1-5,7-10,12-13,20H,6,11,14-16H2,(H2,26,27)(H,28,31)(H,30,32)/t20-/m0/s1. The van der Waals surface area contributed by atoms with Gasteiger partial charge in [0.2, 0.25) is 5.91 Å². The number of hydrogen-bond donors (Lipinski definition) is 4. The molecule has 0 saturated heterocycles. The number of carbonyl (C=O) groups excluding carboxylic acids is 2. The Labute approximate surface area is 192 Å². The largest absolute Gasteiger partial charge is 0.373 e. The lowest BCUT2D eigenvalue weighted by Gasteiger charge is -2.19. The lowest BCUT2D eigenvalue weighted by atomic mass is 10.1. The van der Waals surface area contributed by atoms with Crippen molar-refractivity contribution in [1.29, 1.82) is 5.41 Å². The molecular formula is C24H26ClN5O2. The van der Waals surface area contributed by atoms with Gasteiger partial charge in [0.25, 0.3) is 5.91 Å². The molecule has 0 aliphatic heterocycles. The summed E-state index contributed by atoms with van der Waals surface area (Å²) in [6.45, 7) is 0.855. The maximum Gasteiger partial charge on any atom is 0.270 e. The van der Waals surface area contributed by atoms with E-state index in [-0.39, 0.29) is 23.3 Å². The fourth-order valence-electron chi connectivity index (χ4n) is 3.19. The average molecular weight is 452 g/mol. The van der Waals surface area contributed by atoms with Crippen molar-refractivity contribution in [3.63, 3.8) is 0 Å². The van der Waals surface area contributed by atoms with Gasteiger partial charge in [-0.3, -0.25) is 15.0 Å². The molecule has 0 bridgehead atoms. The Kier molecular flexibility index (Phi) is 8.57. The number of nitrogens with zero attached hydrogens (tertiary/aromatic N) is 1. The third-order valence-corrected chi connectivity index (χ3v) is 5.17. The van der Waals surface area contributed by atoms with Gasteiger partial charge in [-0.05, 0) is 30.5 Å². The Hall–Kier alpha value is -3.45. The van der Waals surface area contributed by atoms with Gasteiger partial charge in [0.1, 0.15) is 17.6 Å². The van der Waals surface area contributed by atoms with Crippen molar-refractivity contribution >= 4 is 40.2 Å². The minimum absolute atomic E-state index is 0.103. The van der Waals surface area contributed by atoms with E-state index in [9.17, 15) is 9.59 Å². The van der Waals surface area contributed by atoms with Gasteiger partial charge in [-0.2, -0.15) is 0 Å². The third-order valence-electron chi connectivity index (χ3n) is 4.90. The first-order valence-corrected chi connectivity index (χ1v) is 11.0. The zero-order valence-electron chi connectivity index (χ0n) is 17.6. The van der Waals surface area contributed by atoms with Gasteiger partial charge in [0.05, 0.1) is 11.4 Å². The van der Waals surface area contributed by atoms with E-state index in [2.05, 4.69) is 20.9 Å². The van der Waals surface area contributed by atoms with Gasteiger partial charge >= 0.3 is 0 Å². The molecule has 0 spiro atoms. The molecule has 7 nitrogen and oxygen atoms in total. The Bertz CT molecular complexity index is 1070. The molecule has 0 saturated carbocycles. The fourth-order valence-corrected chi connectivity index (χ4v) is 3.29. The maximum atomic E-state index is 12.8. The molecule has 4 N–H and O–H groups in total. The van der Waals surface area contributed by atoms with E-state index in [1.54, 1.807) is 6.07 Å². The number of fused-ring (bicyclic) bond motifs is 1. The SMILES string of the molecule is N=C(CCl)NCCC[C@H](NC(=O)c1ccc2ccccc2n1)C(=O)NCc1ccccc1. The van der Waals surface area contributed by atoms with Crippen LogP contribution < -0.4 is 16.0 Å². The van der Waals surface area contributed by atoms with Crippen molar-refractivity contribution in [2.75, 3.05) is 12.4 Å². The molecule has 1 heterocycles. The summed E-state index contributed by atoms with van der Waals surface area (Å²) in [7, 11) is 0. The predicted octanol–water partition coefficient (Wildman–Crippen LogP) is 3.24. The number of hydrogen-bond acceptors (Lipinski definition) is 4. The van der Waals surface area contributed by atoms with Crippen molar-refractivity contribution in [2.24, 2.45) is 0 Å². The second kappa shape index (κ2) is 11.8. The molecule has 0 aliphatic rings. The lowest BCUT2D eigenvalue weighted by molar-refractivity contribution is -0.123. The number of rotatable bonds is 10. The first-order valence-electron chi connectivity index (χ1n) is 10.4. The summed E-state index contributed by atoms with van der Waals surface area (Å²) in [5.41, 5.74) is 1.94. The van der Waals surface area contributed by atoms with Crippen molar-refractivity contribution in [1.82, 2.24) is 20.9 Å². The zero-order chi connectivity index (χ0) is 22.8. The van der Waals surface area contributed by atoms with Gasteiger partial charge in [-0.25, -0.2) is 4.98 Å². The number of aromatic nitrogens is 1. The van der Waals surface area contributed by atoms with E-state index in [0.717, 1.165) is 10.9 Å². The highest BCUT2D eigenvalue weighted by molar-refractivity contribution is 6.27. The zero-order valence-corrected chi connectivity index (χ0v) is 18.4. The van der Waals surface area contributed by atoms with Crippen LogP contribution in [0.25, 0.3) is 10.9 Å². The van der Waals surface area contributed by atoms with Crippen LogP contribution in [0.4, 0.5) is 0 Å². The molecular weight excluding hydrogens is 426 g/mol. The van der Waals surface area contributed by atoms with Gasteiger partial charge < -0.3 is 16.0 Å². The molecule has 1 aromatic heterocycles. The minimum atomic E-state index is -0.730. The quantitative estimate of drug-likeness (QED) is 0.164. The minimum Gasteiger partial charge on any atom is -0.373 e. The highest BCUT2D eigenvalue weighted by atomic mass is 35.5. The molecule has 0 aliphatic carbocycles. The first kappa shape index (κ1) is 23.2. The molecule has 3 rings (SSSR count). The number of amides is 2. The molecule has 2 amide bonds. The predicted molar refractivity (Wildman–Crippen MR) is 127 cm³/mol. The van der Waals surface area contributed by atoms with Crippen LogP contribution in [0.2, 0.25) is 0 Å². The van der Waals surface area contributed by atoms with Crippen LogP contribution in [0.3, 0.4) is 0 Å². The number of halogens is 1. The van der Waals surface area contributed by atoms with Crippen LogP contribution in [0.15, 0.2) is 66.7 Å². The number of alkyl halides is 1. The molecule has 1 atom stereocenters. The summed E-state index contributed by atoms with van der Waals surface area (Å²) in [6.07, 6.45) is 0.983. The van der Waals surface area contributed by atoms with Gasteiger partial charge in [-0.1, -0.05) is 54.6 Å². The van der Waals surface area contributed by atoms with Crippen LogP contribution in [-0.4, -0.2) is 41.1 Å². The topological polar surface area (TPSA) is 107 Å².